The highest BCUT2D eigenvalue weighted by molar-refractivity contribution is 7.20. The van der Waals surface area contributed by atoms with E-state index in [0.717, 1.165) is 12.8 Å². The number of ether oxygens (including phenoxy) is 1. The molecule has 0 radical (unpaired) electrons. The zero-order valence-electron chi connectivity index (χ0n) is 18.2. The largest absolute Gasteiger partial charge is 0.465 e. The molecule has 6 nitrogen and oxygen atoms in total. The Morgan fingerprint density at radius 2 is 1.97 bits per heavy atom. The van der Waals surface area contributed by atoms with E-state index in [1.54, 1.807) is 6.92 Å². The summed E-state index contributed by atoms with van der Waals surface area (Å²) in [5.41, 5.74) is 3.04. The molecule has 0 saturated heterocycles. The van der Waals surface area contributed by atoms with Crippen molar-refractivity contribution in [3.63, 3.8) is 0 Å². The topological polar surface area (TPSA) is 88.7 Å². The summed E-state index contributed by atoms with van der Waals surface area (Å²) in [6.45, 7) is 8.89. The molecule has 0 aliphatic rings. The van der Waals surface area contributed by atoms with E-state index < -0.39 is 5.97 Å². The molecule has 3 aromatic rings. The summed E-state index contributed by atoms with van der Waals surface area (Å²) in [5.74, 6) is 0.597. The number of H-pyrrole nitrogens is 1. The number of hydrogen-bond acceptors (Lipinski definition) is 5. The highest BCUT2D eigenvalue weighted by Crippen LogP contribution is 2.27. The highest BCUT2D eigenvalue weighted by atomic mass is 32.1. The number of aromatic nitrogens is 2. The van der Waals surface area contributed by atoms with Crippen LogP contribution in [0.4, 0.5) is 0 Å². The van der Waals surface area contributed by atoms with Gasteiger partial charge in [-0.25, -0.2) is 9.78 Å². The number of quaternary nitrogens is 1. The second kappa shape index (κ2) is 9.53. The molecule has 2 aromatic heterocycles. The number of esters is 1. The van der Waals surface area contributed by atoms with Gasteiger partial charge in [0.1, 0.15) is 22.3 Å². The maximum atomic E-state index is 12.6. The zero-order valence-corrected chi connectivity index (χ0v) is 19.1. The number of aromatic amines is 1. The molecule has 1 atom stereocenters. The van der Waals surface area contributed by atoms with Gasteiger partial charge in [0, 0.05) is 11.5 Å². The van der Waals surface area contributed by atoms with E-state index in [-0.39, 0.29) is 11.6 Å². The third kappa shape index (κ3) is 4.63. The van der Waals surface area contributed by atoms with Gasteiger partial charge in [0.25, 0.3) is 5.56 Å². The molecule has 0 spiro atoms. The Labute approximate surface area is 180 Å². The SMILES string of the molecule is CCCc1ccc([C@@H]([NH2+]Cc2nc3sc(C(=O)OC)c(C)c3c(=O)[nH]2)C(C)C)cc1. The average Bonchev–Trinajstić information content (AvgIpc) is 3.05. The number of carbonyl (C=O) groups excluding carboxylic acids is 1. The molecule has 0 unspecified atom stereocenters. The van der Waals surface area contributed by atoms with E-state index in [1.165, 1.54) is 29.6 Å². The van der Waals surface area contributed by atoms with Crippen LogP contribution in [0.3, 0.4) is 0 Å². The summed E-state index contributed by atoms with van der Waals surface area (Å²) in [4.78, 5) is 33.1. The molecular weight excluding hydrogens is 398 g/mol. The van der Waals surface area contributed by atoms with Crippen LogP contribution in [0.2, 0.25) is 0 Å². The third-order valence-corrected chi connectivity index (χ3v) is 6.57. The lowest BCUT2D eigenvalue weighted by molar-refractivity contribution is -0.718. The van der Waals surface area contributed by atoms with Gasteiger partial charge < -0.3 is 15.0 Å². The van der Waals surface area contributed by atoms with Gasteiger partial charge in [-0.15, -0.1) is 11.3 Å². The summed E-state index contributed by atoms with van der Waals surface area (Å²) in [5, 5.41) is 2.68. The monoisotopic (exact) mass is 428 g/mol. The van der Waals surface area contributed by atoms with Crippen molar-refractivity contribution in [3.8, 4) is 0 Å². The molecule has 160 valence electrons. The molecule has 30 heavy (non-hydrogen) atoms. The van der Waals surface area contributed by atoms with Crippen molar-refractivity contribution >= 4 is 27.5 Å². The van der Waals surface area contributed by atoms with E-state index in [1.807, 2.05) is 0 Å². The molecule has 0 amide bonds. The number of hydrogen-bond donors (Lipinski definition) is 2. The number of nitrogens with zero attached hydrogens (tertiary/aromatic N) is 1. The fraction of sp³-hybridized carbons (Fsp3) is 0.435. The van der Waals surface area contributed by atoms with Gasteiger partial charge in [0.15, 0.2) is 5.82 Å². The number of nitrogens with two attached hydrogens (primary N) is 1. The number of benzene rings is 1. The van der Waals surface area contributed by atoms with Crippen LogP contribution in [0, 0.1) is 12.8 Å². The van der Waals surface area contributed by atoms with Crippen molar-refractivity contribution in [2.24, 2.45) is 5.92 Å². The lowest BCUT2D eigenvalue weighted by Crippen LogP contribution is -2.85. The Balaban J connectivity index is 1.83. The molecule has 0 saturated carbocycles. The maximum absolute atomic E-state index is 12.6. The minimum Gasteiger partial charge on any atom is -0.465 e. The molecule has 0 fully saturated rings. The molecule has 7 heteroatoms. The first-order valence-electron chi connectivity index (χ1n) is 10.4. The number of rotatable bonds is 8. The lowest BCUT2D eigenvalue weighted by Gasteiger charge is -2.19. The van der Waals surface area contributed by atoms with E-state index in [2.05, 4.69) is 60.3 Å². The Hall–Kier alpha value is -2.51. The van der Waals surface area contributed by atoms with Gasteiger partial charge in [-0.2, -0.15) is 0 Å². The van der Waals surface area contributed by atoms with Gasteiger partial charge in [-0.3, -0.25) is 4.79 Å². The van der Waals surface area contributed by atoms with Crippen molar-refractivity contribution < 1.29 is 14.8 Å². The summed E-state index contributed by atoms with van der Waals surface area (Å²) < 4.78 is 4.82. The van der Waals surface area contributed by atoms with E-state index in [0.29, 0.717) is 38.9 Å². The van der Waals surface area contributed by atoms with Crippen molar-refractivity contribution in [2.75, 3.05) is 7.11 Å². The van der Waals surface area contributed by atoms with Crippen LogP contribution in [0.5, 0.6) is 0 Å². The van der Waals surface area contributed by atoms with Crippen LogP contribution < -0.4 is 10.9 Å². The summed E-state index contributed by atoms with van der Waals surface area (Å²) in [6, 6.07) is 9.08. The molecule has 0 bridgehead atoms. The summed E-state index contributed by atoms with van der Waals surface area (Å²) in [6.07, 6.45) is 2.23. The van der Waals surface area contributed by atoms with E-state index in [4.69, 9.17) is 4.74 Å². The normalized spacial score (nSPS) is 12.5. The number of thiophene rings is 1. The minimum atomic E-state index is -0.436. The first-order valence-corrected chi connectivity index (χ1v) is 11.2. The molecule has 0 aliphatic heterocycles. The number of nitrogens with one attached hydrogen (secondary N) is 1. The zero-order chi connectivity index (χ0) is 21.8. The first-order chi connectivity index (χ1) is 14.3. The Morgan fingerprint density at radius 1 is 1.27 bits per heavy atom. The standard InChI is InChI=1S/C23H29N3O3S/c1-6-7-15-8-10-16(11-9-15)19(13(2)3)24-12-17-25-21(27)18-14(4)20(23(28)29-5)30-22(18)26-17/h8-11,13,19,24H,6-7,12H2,1-5H3,(H,25,26,27)/p+1/t19-/m0/s1. The van der Waals surface area contributed by atoms with Crippen LogP contribution in [-0.4, -0.2) is 23.0 Å². The second-order valence-corrected chi connectivity index (χ2v) is 8.94. The molecule has 3 rings (SSSR count). The van der Waals surface area contributed by atoms with Crippen LogP contribution in [0.15, 0.2) is 29.1 Å². The molecule has 0 aliphatic carbocycles. The van der Waals surface area contributed by atoms with Crippen molar-refractivity contribution in [1.82, 2.24) is 9.97 Å². The molecule has 1 aromatic carbocycles. The van der Waals surface area contributed by atoms with Gasteiger partial charge >= 0.3 is 5.97 Å². The molecular formula is C23H30N3O3S+. The number of aryl methyl sites for hydroxylation is 2. The van der Waals surface area contributed by atoms with E-state index >= 15 is 0 Å². The molecule has 3 N–H and O–H groups in total. The Bertz CT molecular complexity index is 1080. The third-order valence-electron chi connectivity index (χ3n) is 5.41. The lowest BCUT2D eigenvalue weighted by atomic mass is 9.94. The van der Waals surface area contributed by atoms with Gasteiger partial charge in [0.2, 0.25) is 0 Å². The fourth-order valence-corrected chi connectivity index (χ4v) is 4.92. The predicted molar refractivity (Wildman–Crippen MR) is 120 cm³/mol. The Morgan fingerprint density at radius 3 is 2.57 bits per heavy atom. The Kier molecular flexibility index (Phi) is 7.05. The summed E-state index contributed by atoms with van der Waals surface area (Å²) >= 11 is 1.21. The van der Waals surface area contributed by atoms with Gasteiger partial charge in [-0.1, -0.05) is 51.5 Å². The van der Waals surface area contributed by atoms with Crippen molar-refractivity contribution in [2.45, 2.75) is 53.1 Å². The first kappa shape index (κ1) is 22.2. The number of fused-ring (bicyclic) bond motifs is 1. The van der Waals surface area contributed by atoms with Crippen LogP contribution >= 0.6 is 11.3 Å². The van der Waals surface area contributed by atoms with E-state index in [9.17, 15) is 9.59 Å². The maximum Gasteiger partial charge on any atom is 0.348 e. The van der Waals surface area contributed by atoms with Crippen LogP contribution in [-0.2, 0) is 17.7 Å². The minimum absolute atomic E-state index is 0.211. The van der Waals surface area contributed by atoms with Gasteiger partial charge in [-0.05, 0) is 24.5 Å². The van der Waals surface area contributed by atoms with Gasteiger partial charge in [0.05, 0.1) is 12.5 Å². The fourth-order valence-electron chi connectivity index (χ4n) is 3.80. The highest BCUT2D eigenvalue weighted by Gasteiger charge is 2.22. The second-order valence-electron chi connectivity index (χ2n) is 7.94. The smallest absolute Gasteiger partial charge is 0.348 e. The number of carbonyl (C=O) groups is 1. The summed E-state index contributed by atoms with van der Waals surface area (Å²) in [7, 11) is 1.34. The number of methoxy groups -OCH3 is 1. The average molecular weight is 429 g/mol. The quantitative estimate of drug-likeness (QED) is 0.538. The predicted octanol–water partition coefficient (Wildman–Crippen LogP) is 3.49. The molecule has 2 heterocycles. The van der Waals surface area contributed by atoms with Crippen molar-refractivity contribution in [1.29, 1.82) is 0 Å². The van der Waals surface area contributed by atoms with Crippen LogP contribution in [0.25, 0.3) is 10.2 Å². The van der Waals surface area contributed by atoms with Crippen LogP contribution in [0.1, 0.15) is 65.4 Å². The van der Waals surface area contributed by atoms with Crippen molar-refractivity contribution in [3.05, 3.63) is 62.0 Å².